The maximum Gasteiger partial charge on any atom is 0.257 e. The molecule has 1 amide bonds. The topological polar surface area (TPSA) is 67.6 Å². The van der Waals surface area contributed by atoms with E-state index < -0.39 is 19.8 Å². The molecule has 1 saturated heterocycles. The van der Waals surface area contributed by atoms with Gasteiger partial charge in [-0.25, -0.2) is 8.42 Å². The molecule has 1 unspecified atom stereocenters. The predicted octanol–water partition coefficient (Wildman–Crippen LogP) is 1.71. The van der Waals surface area contributed by atoms with Gasteiger partial charge in [0.05, 0.1) is 21.8 Å². The Labute approximate surface area is 113 Å². The van der Waals surface area contributed by atoms with Gasteiger partial charge in [-0.3, -0.25) is 4.79 Å². The SMILES string of the molecule is CC(C)(C)S(=O)(=O)C1CCN(C(=O)c2ccoc2)C1. The van der Waals surface area contributed by atoms with Crippen LogP contribution in [0.25, 0.3) is 0 Å². The van der Waals surface area contributed by atoms with E-state index in [4.69, 9.17) is 4.42 Å². The summed E-state index contributed by atoms with van der Waals surface area (Å²) in [6, 6.07) is 1.59. The number of amides is 1. The molecule has 106 valence electrons. The van der Waals surface area contributed by atoms with Crippen molar-refractivity contribution in [3.63, 3.8) is 0 Å². The third-order valence-electron chi connectivity index (χ3n) is 3.49. The second-order valence-electron chi connectivity index (χ2n) is 5.83. The van der Waals surface area contributed by atoms with Crippen LogP contribution in [0.1, 0.15) is 37.6 Å². The zero-order chi connectivity index (χ0) is 14.3. The number of carbonyl (C=O) groups is 1. The summed E-state index contributed by atoms with van der Waals surface area (Å²) in [4.78, 5) is 13.7. The summed E-state index contributed by atoms with van der Waals surface area (Å²) in [5, 5.41) is -0.469. The lowest BCUT2D eigenvalue weighted by molar-refractivity contribution is 0.0792. The van der Waals surface area contributed by atoms with E-state index in [1.165, 1.54) is 12.5 Å². The van der Waals surface area contributed by atoms with Crippen LogP contribution in [0.4, 0.5) is 0 Å². The lowest BCUT2D eigenvalue weighted by Gasteiger charge is -2.24. The number of furan rings is 1. The van der Waals surface area contributed by atoms with E-state index in [1.54, 1.807) is 31.7 Å². The summed E-state index contributed by atoms with van der Waals surface area (Å²) in [5.41, 5.74) is 0.466. The predicted molar refractivity (Wildman–Crippen MR) is 71.7 cm³/mol. The fourth-order valence-electron chi connectivity index (χ4n) is 2.23. The summed E-state index contributed by atoms with van der Waals surface area (Å²) in [5.74, 6) is -0.166. The molecule has 19 heavy (non-hydrogen) atoms. The van der Waals surface area contributed by atoms with Crippen LogP contribution in [-0.2, 0) is 9.84 Å². The van der Waals surface area contributed by atoms with Crippen molar-refractivity contribution in [1.82, 2.24) is 4.90 Å². The lowest BCUT2D eigenvalue weighted by Crippen LogP contribution is -2.39. The first-order valence-electron chi connectivity index (χ1n) is 6.28. The van der Waals surface area contributed by atoms with E-state index in [9.17, 15) is 13.2 Å². The van der Waals surface area contributed by atoms with Gasteiger partial charge in [0.25, 0.3) is 5.91 Å². The highest BCUT2D eigenvalue weighted by Crippen LogP contribution is 2.27. The van der Waals surface area contributed by atoms with E-state index in [0.29, 0.717) is 18.5 Å². The van der Waals surface area contributed by atoms with Gasteiger partial charge in [-0.1, -0.05) is 0 Å². The normalized spacial score (nSPS) is 20.8. The van der Waals surface area contributed by atoms with Crippen molar-refractivity contribution in [3.05, 3.63) is 24.2 Å². The van der Waals surface area contributed by atoms with Gasteiger partial charge >= 0.3 is 0 Å². The highest BCUT2D eigenvalue weighted by atomic mass is 32.2. The molecule has 0 aliphatic carbocycles. The Kier molecular flexibility index (Phi) is 3.47. The van der Waals surface area contributed by atoms with Gasteiger partial charge in [-0.05, 0) is 33.3 Å². The molecule has 2 rings (SSSR count). The number of sulfone groups is 1. The summed E-state index contributed by atoms with van der Waals surface area (Å²) >= 11 is 0. The minimum Gasteiger partial charge on any atom is -0.472 e. The summed E-state index contributed by atoms with van der Waals surface area (Å²) in [7, 11) is -3.23. The van der Waals surface area contributed by atoms with Crippen molar-refractivity contribution in [2.45, 2.75) is 37.2 Å². The van der Waals surface area contributed by atoms with Crippen molar-refractivity contribution < 1.29 is 17.6 Å². The van der Waals surface area contributed by atoms with Gasteiger partial charge in [-0.15, -0.1) is 0 Å². The molecule has 1 fully saturated rings. The maximum atomic E-state index is 12.4. The molecule has 1 aliphatic rings. The molecule has 1 aliphatic heterocycles. The zero-order valence-electron chi connectivity index (χ0n) is 11.4. The number of carbonyl (C=O) groups excluding carboxylic acids is 1. The summed E-state index contributed by atoms with van der Waals surface area (Å²) in [6.07, 6.45) is 3.32. The molecular formula is C13H19NO4S. The van der Waals surface area contributed by atoms with Gasteiger partial charge in [0.1, 0.15) is 6.26 Å². The molecule has 1 aromatic rings. The summed E-state index contributed by atoms with van der Waals surface area (Å²) < 4.78 is 28.8. The van der Waals surface area contributed by atoms with Crippen LogP contribution in [0.15, 0.2) is 23.0 Å². The quantitative estimate of drug-likeness (QED) is 0.829. The van der Waals surface area contributed by atoms with E-state index in [0.717, 1.165) is 0 Å². The Morgan fingerprint density at radius 3 is 2.63 bits per heavy atom. The Morgan fingerprint density at radius 2 is 2.11 bits per heavy atom. The average molecular weight is 285 g/mol. The van der Waals surface area contributed by atoms with Gasteiger partial charge in [0.15, 0.2) is 9.84 Å². The van der Waals surface area contributed by atoms with Crippen LogP contribution in [0.5, 0.6) is 0 Å². The molecule has 1 atom stereocenters. The largest absolute Gasteiger partial charge is 0.472 e. The van der Waals surface area contributed by atoms with Crippen molar-refractivity contribution >= 4 is 15.7 Å². The number of likely N-dealkylation sites (tertiary alicyclic amines) is 1. The Hall–Kier alpha value is -1.30. The number of hydrogen-bond acceptors (Lipinski definition) is 4. The Bertz CT molecular complexity index is 554. The number of rotatable bonds is 2. The molecule has 6 heteroatoms. The third-order valence-corrected chi connectivity index (χ3v) is 6.46. The third kappa shape index (κ3) is 2.54. The smallest absolute Gasteiger partial charge is 0.257 e. The van der Waals surface area contributed by atoms with Crippen LogP contribution in [0.2, 0.25) is 0 Å². The van der Waals surface area contributed by atoms with Crippen LogP contribution in [-0.4, -0.2) is 42.3 Å². The molecule has 0 saturated carbocycles. The molecule has 0 bridgehead atoms. The molecule has 5 nitrogen and oxygen atoms in total. The molecule has 0 N–H and O–H groups in total. The van der Waals surface area contributed by atoms with E-state index >= 15 is 0 Å². The van der Waals surface area contributed by atoms with Gasteiger partial charge in [0, 0.05) is 13.1 Å². The molecule has 1 aromatic heterocycles. The van der Waals surface area contributed by atoms with Crippen molar-refractivity contribution in [2.75, 3.05) is 13.1 Å². The van der Waals surface area contributed by atoms with Gasteiger partial charge < -0.3 is 9.32 Å². The first-order chi connectivity index (χ1) is 8.73. The van der Waals surface area contributed by atoms with Crippen LogP contribution >= 0.6 is 0 Å². The molecule has 2 heterocycles. The monoisotopic (exact) mass is 285 g/mol. The fraction of sp³-hybridized carbons (Fsp3) is 0.615. The van der Waals surface area contributed by atoms with Crippen molar-refractivity contribution in [3.8, 4) is 0 Å². The molecule has 0 radical (unpaired) electrons. The highest BCUT2D eigenvalue weighted by molar-refractivity contribution is 7.93. The van der Waals surface area contributed by atoms with E-state index in [-0.39, 0.29) is 12.5 Å². The number of hydrogen-bond donors (Lipinski definition) is 0. The van der Waals surface area contributed by atoms with Gasteiger partial charge in [0.2, 0.25) is 0 Å². The minimum absolute atomic E-state index is 0.166. The van der Waals surface area contributed by atoms with Crippen molar-refractivity contribution in [1.29, 1.82) is 0 Å². The second-order valence-corrected chi connectivity index (χ2v) is 8.81. The van der Waals surface area contributed by atoms with Gasteiger partial charge in [-0.2, -0.15) is 0 Å². The first-order valence-corrected chi connectivity index (χ1v) is 7.83. The van der Waals surface area contributed by atoms with Crippen LogP contribution in [0.3, 0.4) is 0 Å². The molecule has 0 spiro atoms. The molecule has 0 aromatic carbocycles. The standard InChI is InChI=1S/C13H19NO4S/c1-13(2,3)19(16,17)11-4-6-14(8-11)12(15)10-5-7-18-9-10/h5,7,9,11H,4,6,8H2,1-3H3. The van der Waals surface area contributed by atoms with Crippen LogP contribution < -0.4 is 0 Å². The second kappa shape index (κ2) is 4.67. The lowest BCUT2D eigenvalue weighted by atomic mass is 10.3. The van der Waals surface area contributed by atoms with Crippen molar-refractivity contribution in [2.24, 2.45) is 0 Å². The zero-order valence-corrected chi connectivity index (χ0v) is 12.2. The Balaban J connectivity index is 2.11. The average Bonchev–Trinajstić information content (AvgIpc) is 2.98. The number of nitrogens with zero attached hydrogens (tertiary/aromatic N) is 1. The minimum atomic E-state index is -3.23. The molecular weight excluding hydrogens is 266 g/mol. The van der Waals surface area contributed by atoms with E-state index in [1.807, 2.05) is 0 Å². The highest BCUT2D eigenvalue weighted by Gasteiger charge is 2.41. The van der Waals surface area contributed by atoms with E-state index in [2.05, 4.69) is 0 Å². The first kappa shape index (κ1) is 14.1. The maximum absolute atomic E-state index is 12.4. The Morgan fingerprint density at radius 1 is 1.42 bits per heavy atom. The summed E-state index contributed by atoms with van der Waals surface area (Å²) in [6.45, 7) is 5.84. The van der Waals surface area contributed by atoms with Crippen LogP contribution in [0, 0.1) is 0 Å². The fourth-order valence-corrected chi connectivity index (χ4v) is 4.03.